The number of sulfonamides is 1. The Labute approximate surface area is 230 Å². The SMILES string of the molecule is Cc1cccc(CN(C(=O)CN(c2cccc(Cl)c2)S(C)(=O)=O)[C@@H](Cc2ccccc2)C(=O)NC(C)C)c1. The Bertz CT molecular complexity index is 1360. The second-order valence-corrected chi connectivity index (χ2v) is 12.0. The van der Waals surface area contributed by atoms with Gasteiger partial charge in [0.2, 0.25) is 21.8 Å². The lowest BCUT2D eigenvalue weighted by atomic mass is 10.0. The molecule has 0 bridgehead atoms. The Morgan fingerprint density at radius 3 is 2.18 bits per heavy atom. The summed E-state index contributed by atoms with van der Waals surface area (Å²) in [6.07, 6.45) is 1.31. The third-order valence-corrected chi connectivity index (χ3v) is 7.29. The minimum atomic E-state index is -3.84. The van der Waals surface area contributed by atoms with Crippen LogP contribution in [0.4, 0.5) is 5.69 Å². The van der Waals surface area contributed by atoms with Crippen LogP contribution < -0.4 is 9.62 Å². The molecular formula is C29H34ClN3O4S. The second-order valence-electron chi connectivity index (χ2n) is 9.63. The van der Waals surface area contributed by atoms with Gasteiger partial charge in [-0.15, -0.1) is 0 Å². The van der Waals surface area contributed by atoms with Gasteiger partial charge >= 0.3 is 0 Å². The van der Waals surface area contributed by atoms with E-state index in [2.05, 4.69) is 5.32 Å². The third-order valence-electron chi connectivity index (χ3n) is 5.91. The standard InChI is InChI=1S/C29H34ClN3O4S/c1-21(2)31-29(35)27(17-23-11-6-5-7-12-23)32(19-24-13-8-10-22(3)16-24)28(34)20-33(38(4,36)37)26-15-9-14-25(30)18-26/h5-16,18,21,27H,17,19-20H2,1-4H3,(H,31,35)/t27-/m0/s1. The van der Waals surface area contributed by atoms with Crippen LogP contribution in [0, 0.1) is 6.92 Å². The van der Waals surface area contributed by atoms with Crippen LogP contribution in [-0.4, -0.2) is 50.0 Å². The summed E-state index contributed by atoms with van der Waals surface area (Å²) in [7, 11) is -3.84. The molecule has 3 aromatic rings. The van der Waals surface area contributed by atoms with Crippen molar-refractivity contribution in [3.8, 4) is 0 Å². The molecule has 3 rings (SSSR count). The Morgan fingerprint density at radius 2 is 1.58 bits per heavy atom. The van der Waals surface area contributed by atoms with Gasteiger partial charge in [-0.1, -0.05) is 77.8 Å². The number of aryl methyl sites for hydroxylation is 1. The number of amides is 2. The molecule has 0 fully saturated rings. The van der Waals surface area contributed by atoms with Crippen molar-refractivity contribution in [3.63, 3.8) is 0 Å². The van der Waals surface area contributed by atoms with Crippen LogP contribution in [-0.2, 0) is 32.6 Å². The van der Waals surface area contributed by atoms with Gasteiger partial charge in [0.1, 0.15) is 12.6 Å². The lowest BCUT2D eigenvalue weighted by Gasteiger charge is -2.34. The lowest BCUT2D eigenvalue weighted by Crippen LogP contribution is -2.54. The average molecular weight is 556 g/mol. The topological polar surface area (TPSA) is 86.8 Å². The molecule has 38 heavy (non-hydrogen) atoms. The first-order valence-electron chi connectivity index (χ1n) is 12.4. The fourth-order valence-electron chi connectivity index (χ4n) is 4.19. The van der Waals surface area contributed by atoms with Crippen molar-refractivity contribution in [2.75, 3.05) is 17.1 Å². The van der Waals surface area contributed by atoms with Crippen molar-refractivity contribution in [1.82, 2.24) is 10.2 Å². The van der Waals surface area contributed by atoms with Gasteiger partial charge < -0.3 is 10.2 Å². The van der Waals surface area contributed by atoms with Crippen molar-refractivity contribution in [2.45, 2.75) is 45.8 Å². The molecule has 2 amide bonds. The van der Waals surface area contributed by atoms with E-state index in [1.807, 2.05) is 75.4 Å². The number of carbonyl (C=O) groups is 2. The summed E-state index contributed by atoms with van der Waals surface area (Å²) in [5.74, 6) is -0.810. The van der Waals surface area contributed by atoms with Crippen molar-refractivity contribution in [2.24, 2.45) is 0 Å². The Balaban J connectivity index is 2.06. The summed E-state index contributed by atoms with van der Waals surface area (Å²) in [5, 5.41) is 3.28. The monoisotopic (exact) mass is 555 g/mol. The summed E-state index contributed by atoms with van der Waals surface area (Å²) in [4.78, 5) is 29.0. The molecule has 0 saturated heterocycles. The number of anilines is 1. The molecule has 202 valence electrons. The molecule has 0 aliphatic heterocycles. The van der Waals surface area contributed by atoms with Crippen LogP contribution in [0.3, 0.4) is 0 Å². The quantitative estimate of drug-likeness (QED) is 0.375. The summed E-state index contributed by atoms with van der Waals surface area (Å²) >= 11 is 6.12. The Hall–Kier alpha value is -3.36. The number of benzene rings is 3. The van der Waals surface area contributed by atoms with E-state index in [0.717, 1.165) is 27.3 Å². The molecule has 9 heteroatoms. The molecule has 0 aliphatic rings. The van der Waals surface area contributed by atoms with E-state index in [4.69, 9.17) is 11.6 Å². The molecule has 0 radical (unpaired) electrons. The first-order valence-corrected chi connectivity index (χ1v) is 14.6. The molecule has 0 aromatic heterocycles. The molecule has 0 aliphatic carbocycles. The average Bonchev–Trinajstić information content (AvgIpc) is 2.84. The highest BCUT2D eigenvalue weighted by atomic mass is 35.5. The number of halogens is 1. The van der Waals surface area contributed by atoms with Crippen LogP contribution in [0.2, 0.25) is 5.02 Å². The lowest BCUT2D eigenvalue weighted by molar-refractivity contribution is -0.140. The predicted octanol–water partition coefficient (Wildman–Crippen LogP) is 4.58. The number of carbonyl (C=O) groups excluding carboxylic acids is 2. The van der Waals surface area contributed by atoms with Crippen molar-refractivity contribution >= 4 is 39.1 Å². The van der Waals surface area contributed by atoms with E-state index in [1.54, 1.807) is 18.2 Å². The summed E-state index contributed by atoms with van der Waals surface area (Å²) in [5.41, 5.74) is 3.00. The van der Waals surface area contributed by atoms with Gasteiger partial charge in [-0.3, -0.25) is 13.9 Å². The molecule has 0 unspecified atom stereocenters. The number of hydrogen-bond acceptors (Lipinski definition) is 4. The van der Waals surface area contributed by atoms with Gasteiger partial charge in [-0.05, 0) is 50.1 Å². The smallest absolute Gasteiger partial charge is 0.244 e. The molecule has 0 saturated carbocycles. The summed E-state index contributed by atoms with van der Waals surface area (Å²) in [6.45, 7) is 5.32. The van der Waals surface area contributed by atoms with Crippen LogP contribution in [0.1, 0.15) is 30.5 Å². The fourth-order valence-corrected chi connectivity index (χ4v) is 5.21. The first kappa shape index (κ1) is 29.2. The minimum absolute atomic E-state index is 0.136. The zero-order valence-electron chi connectivity index (χ0n) is 22.1. The molecule has 3 aromatic carbocycles. The molecule has 1 atom stereocenters. The third kappa shape index (κ3) is 8.33. The largest absolute Gasteiger partial charge is 0.352 e. The van der Waals surface area contributed by atoms with Crippen LogP contribution >= 0.6 is 11.6 Å². The van der Waals surface area contributed by atoms with E-state index >= 15 is 0 Å². The molecule has 0 heterocycles. The van der Waals surface area contributed by atoms with E-state index < -0.39 is 28.5 Å². The van der Waals surface area contributed by atoms with Gasteiger partial charge in [0.15, 0.2) is 0 Å². The maximum Gasteiger partial charge on any atom is 0.244 e. The van der Waals surface area contributed by atoms with Crippen molar-refractivity contribution in [1.29, 1.82) is 0 Å². The van der Waals surface area contributed by atoms with E-state index in [9.17, 15) is 18.0 Å². The fraction of sp³-hybridized carbons (Fsp3) is 0.310. The first-order chi connectivity index (χ1) is 17.9. The van der Waals surface area contributed by atoms with E-state index in [1.165, 1.54) is 11.0 Å². The maximum atomic E-state index is 14.0. The van der Waals surface area contributed by atoms with Crippen molar-refractivity contribution < 1.29 is 18.0 Å². The van der Waals surface area contributed by atoms with Gasteiger partial charge in [-0.25, -0.2) is 8.42 Å². The van der Waals surface area contributed by atoms with Gasteiger partial charge in [0.05, 0.1) is 11.9 Å². The van der Waals surface area contributed by atoms with Crippen LogP contribution in [0.15, 0.2) is 78.9 Å². The highest BCUT2D eigenvalue weighted by Crippen LogP contribution is 2.23. The highest BCUT2D eigenvalue weighted by molar-refractivity contribution is 7.92. The van der Waals surface area contributed by atoms with Gasteiger partial charge in [0.25, 0.3) is 0 Å². The molecule has 7 nitrogen and oxygen atoms in total. The number of nitrogens with zero attached hydrogens (tertiary/aromatic N) is 2. The maximum absolute atomic E-state index is 14.0. The zero-order valence-corrected chi connectivity index (χ0v) is 23.7. The van der Waals surface area contributed by atoms with Gasteiger partial charge in [-0.2, -0.15) is 0 Å². The summed E-state index contributed by atoms with van der Waals surface area (Å²) < 4.78 is 26.6. The number of hydrogen-bond donors (Lipinski definition) is 1. The highest BCUT2D eigenvalue weighted by Gasteiger charge is 2.33. The predicted molar refractivity (Wildman–Crippen MR) is 153 cm³/mol. The van der Waals surface area contributed by atoms with E-state index in [-0.39, 0.29) is 30.6 Å². The molecule has 1 N–H and O–H groups in total. The minimum Gasteiger partial charge on any atom is -0.352 e. The van der Waals surface area contributed by atoms with Crippen LogP contribution in [0.5, 0.6) is 0 Å². The second kappa shape index (κ2) is 12.9. The zero-order chi connectivity index (χ0) is 27.9. The Morgan fingerprint density at radius 1 is 0.921 bits per heavy atom. The number of rotatable bonds is 11. The normalized spacial score (nSPS) is 12.2. The van der Waals surface area contributed by atoms with E-state index in [0.29, 0.717) is 5.02 Å². The van der Waals surface area contributed by atoms with Crippen LogP contribution in [0.25, 0.3) is 0 Å². The number of nitrogens with one attached hydrogen (secondary N) is 1. The molecular weight excluding hydrogens is 522 g/mol. The molecule has 0 spiro atoms. The summed E-state index contributed by atoms with van der Waals surface area (Å²) in [6, 6.07) is 22.4. The van der Waals surface area contributed by atoms with Crippen molar-refractivity contribution in [3.05, 3.63) is 101 Å². The Kier molecular flexibility index (Phi) is 9.94. The van der Waals surface area contributed by atoms with Gasteiger partial charge in [0, 0.05) is 24.0 Å².